The number of hydrogen-bond donors (Lipinski definition) is 0. The van der Waals surface area contributed by atoms with Crippen molar-refractivity contribution in [2.24, 2.45) is 0 Å². The average molecular weight is 170 g/mol. The first-order valence-electron chi connectivity index (χ1n) is 3.14. The fraction of sp³-hybridized carbons (Fsp3) is 0.143. The lowest BCUT2D eigenvalue weighted by Gasteiger charge is -1.99. The van der Waals surface area contributed by atoms with E-state index in [0.717, 1.165) is 14.3 Å². The summed E-state index contributed by atoms with van der Waals surface area (Å²) in [5.41, 5.74) is 0.317. The van der Waals surface area contributed by atoms with E-state index in [1.165, 1.54) is 5.30 Å². The Labute approximate surface area is 64.1 Å². The highest BCUT2D eigenvalue weighted by Crippen LogP contribution is 2.36. The molecule has 3 unspecified atom stereocenters. The van der Waals surface area contributed by atoms with E-state index in [0.29, 0.717) is 5.59 Å². The van der Waals surface area contributed by atoms with Crippen LogP contribution < -0.4 is 10.0 Å². The summed E-state index contributed by atoms with van der Waals surface area (Å²) in [7, 11) is 3.48. The van der Waals surface area contributed by atoms with E-state index in [-0.39, 0.29) is 0 Å². The Balaban J connectivity index is 2.42. The Morgan fingerprint density at radius 1 is 1.40 bits per heavy atom. The van der Waals surface area contributed by atoms with Crippen molar-refractivity contribution in [2.75, 3.05) is 0 Å². The zero-order valence-electron chi connectivity index (χ0n) is 5.37. The lowest BCUT2D eigenvalue weighted by atomic mass is 10.3. The molecule has 52 valence electrons. The van der Waals surface area contributed by atoms with Gasteiger partial charge in [0.05, 0.1) is 0 Å². The van der Waals surface area contributed by atoms with Crippen LogP contribution in [-0.2, 0) is 0 Å². The van der Waals surface area contributed by atoms with E-state index < -0.39 is 0 Å². The Bertz CT molecular complexity index is 224. The van der Waals surface area contributed by atoms with Gasteiger partial charge in [0.1, 0.15) is 11.3 Å². The standard InChI is InChI=1S/C7H8OP2/c9-7-8-5-3-1-2-4-6(5)10-7/h1-4,7,10H,9H2. The summed E-state index contributed by atoms with van der Waals surface area (Å²) >= 11 is 0. The number of benzene rings is 1. The molecule has 10 heavy (non-hydrogen) atoms. The molecule has 3 heteroatoms. The highest BCUT2D eigenvalue weighted by Gasteiger charge is 2.16. The van der Waals surface area contributed by atoms with Gasteiger partial charge in [-0.1, -0.05) is 27.4 Å². The summed E-state index contributed by atoms with van der Waals surface area (Å²) in [5, 5.41) is 1.35. The molecule has 1 aliphatic heterocycles. The van der Waals surface area contributed by atoms with Gasteiger partial charge >= 0.3 is 0 Å². The van der Waals surface area contributed by atoms with Crippen LogP contribution in [0, 0.1) is 0 Å². The highest BCUT2D eigenvalue weighted by atomic mass is 31.1. The van der Waals surface area contributed by atoms with E-state index in [1.807, 2.05) is 12.1 Å². The van der Waals surface area contributed by atoms with Crippen molar-refractivity contribution in [3.8, 4) is 5.75 Å². The summed E-state index contributed by atoms with van der Waals surface area (Å²) in [4.78, 5) is 0. The van der Waals surface area contributed by atoms with Crippen molar-refractivity contribution in [2.45, 2.75) is 5.59 Å². The van der Waals surface area contributed by atoms with Gasteiger partial charge < -0.3 is 4.74 Å². The van der Waals surface area contributed by atoms with Crippen LogP contribution in [0.3, 0.4) is 0 Å². The molecule has 1 heterocycles. The molecule has 0 fully saturated rings. The summed E-state index contributed by atoms with van der Waals surface area (Å²) in [6, 6.07) is 8.20. The molecule has 1 nitrogen and oxygen atoms in total. The fourth-order valence-electron chi connectivity index (χ4n) is 1.01. The smallest absolute Gasteiger partial charge is 0.131 e. The first-order chi connectivity index (χ1) is 4.86. The quantitative estimate of drug-likeness (QED) is 0.536. The maximum absolute atomic E-state index is 5.48. The molecule has 0 N–H and O–H groups in total. The minimum Gasteiger partial charge on any atom is -0.482 e. The van der Waals surface area contributed by atoms with Gasteiger partial charge in [0.25, 0.3) is 0 Å². The van der Waals surface area contributed by atoms with Gasteiger partial charge in [0.2, 0.25) is 0 Å². The molecule has 1 aromatic carbocycles. The molecule has 2 rings (SSSR count). The third kappa shape index (κ3) is 1.05. The number of hydrogen-bond acceptors (Lipinski definition) is 1. The first-order valence-corrected chi connectivity index (χ1v) is 4.88. The minimum atomic E-state index is 0.317. The van der Waals surface area contributed by atoms with Crippen LogP contribution in [0.15, 0.2) is 24.3 Å². The van der Waals surface area contributed by atoms with Crippen molar-refractivity contribution in [3.05, 3.63) is 24.3 Å². The summed E-state index contributed by atoms with van der Waals surface area (Å²) < 4.78 is 5.48. The van der Waals surface area contributed by atoms with Crippen LogP contribution in [0.5, 0.6) is 5.75 Å². The Hall–Kier alpha value is -0.120. The van der Waals surface area contributed by atoms with Crippen molar-refractivity contribution >= 4 is 23.1 Å². The molecule has 0 aliphatic carbocycles. The molecule has 0 aromatic heterocycles. The largest absolute Gasteiger partial charge is 0.482 e. The SMILES string of the molecule is PC1Oc2ccccc2P1. The molecule has 0 spiro atoms. The second-order valence-corrected chi connectivity index (χ2v) is 4.85. The molecular weight excluding hydrogens is 162 g/mol. The third-order valence-corrected chi connectivity index (χ3v) is 3.20. The van der Waals surface area contributed by atoms with Crippen LogP contribution in [0.2, 0.25) is 0 Å². The third-order valence-electron chi connectivity index (χ3n) is 1.44. The molecule has 1 aromatic rings. The van der Waals surface area contributed by atoms with Gasteiger partial charge in [0, 0.05) is 5.30 Å². The monoisotopic (exact) mass is 170 g/mol. The average Bonchev–Trinajstić information content (AvgIpc) is 2.27. The van der Waals surface area contributed by atoms with Gasteiger partial charge in [-0.05, 0) is 14.6 Å². The van der Waals surface area contributed by atoms with Gasteiger partial charge in [0.15, 0.2) is 0 Å². The second kappa shape index (κ2) is 2.49. The van der Waals surface area contributed by atoms with Gasteiger partial charge in [-0.3, -0.25) is 0 Å². The summed E-state index contributed by atoms with van der Waals surface area (Å²) in [6.45, 7) is 0. The maximum Gasteiger partial charge on any atom is 0.131 e. The van der Waals surface area contributed by atoms with Crippen molar-refractivity contribution < 1.29 is 4.74 Å². The Kier molecular flexibility index (Phi) is 1.64. The Morgan fingerprint density at radius 3 is 3.00 bits per heavy atom. The second-order valence-electron chi connectivity index (χ2n) is 2.18. The lowest BCUT2D eigenvalue weighted by molar-refractivity contribution is 0.375. The minimum absolute atomic E-state index is 0.317. The summed E-state index contributed by atoms with van der Waals surface area (Å²) in [5.74, 6) is 1.06. The molecule has 0 bridgehead atoms. The van der Waals surface area contributed by atoms with E-state index >= 15 is 0 Å². The van der Waals surface area contributed by atoms with Crippen molar-refractivity contribution in [3.63, 3.8) is 0 Å². The zero-order valence-corrected chi connectivity index (χ0v) is 7.53. The zero-order chi connectivity index (χ0) is 6.97. The molecular formula is C7H8OP2. The fourth-order valence-corrected chi connectivity index (χ4v) is 2.66. The van der Waals surface area contributed by atoms with Crippen molar-refractivity contribution in [1.82, 2.24) is 0 Å². The summed E-state index contributed by atoms with van der Waals surface area (Å²) in [6.07, 6.45) is 0. The van der Waals surface area contributed by atoms with Gasteiger partial charge in [-0.15, -0.1) is 0 Å². The lowest BCUT2D eigenvalue weighted by Crippen LogP contribution is -1.92. The van der Waals surface area contributed by atoms with Crippen molar-refractivity contribution in [1.29, 1.82) is 0 Å². The number of rotatable bonds is 0. The maximum atomic E-state index is 5.48. The number of ether oxygens (including phenoxy) is 1. The van der Waals surface area contributed by atoms with Crippen LogP contribution in [0.4, 0.5) is 0 Å². The Morgan fingerprint density at radius 2 is 2.20 bits per heavy atom. The van der Waals surface area contributed by atoms with Crippen LogP contribution >= 0.6 is 17.8 Å². The highest BCUT2D eigenvalue weighted by molar-refractivity contribution is 7.57. The number of fused-ring (bicyclic) bond motifs is 1. The predicted octanol–water partition coefficient (Wildman–Crippen LogP) is 1.54. The van der Waals surface area contributed by atoms with Gasteiger partial charge in [-0.2, -0.15) is 0 Å². The molecule has 0 saturated carbocycles. The van der Waals surface area contributed by atoms with E-state index in [4.69, 9.17) is 4.74 Å². The predicted molar refractivity (Wildman–Crippen MR) is 48.5 cm³/mol. The normalized spacial score (nSPS) is 24.3. The first kappa shape index (κ1) is 6.58. The topological polar surface area (TPSA) is 9.23 Å². The van der Waals surface area contributed by atoms with E-state index in [2.05, 4.69) is 21.4 Å². The van der Waals surface area contributed by atoms with Crippen LogP contribution in [-0.4, -0.2) is 5.59 Å². The van der Waals surface area contributed by atoms with Gasteiger partial charge in [-0.25, -0.2) is 0 Å². The molecule has 0 amide bonds. The van der Waals surface area contributed by atoms with Crippen LogP contribution in [0.1, 0.15) is 0 Å². The molecule has 3 atom stereocenters. The van der Waals surface area contributed by atoms with Crippen LogP contribution in [0.25, 0.3) is 0 Å². The molecule has 0 saturated heterocycles. The van der Waals surface area contributed by atoms with E-state index in [1.54, 1.807) is 0 Å². The molecule has 0 radical (unpaired) electrons. The molecule has 1 aliphatic rings. The number of para-hydroxylation sites is 1. The van der Waals surface area contributed by atoms with E-state index in [9.17, 15) is 0 Å².